The van der Waals surface area contributed by atoms with Crippen molar-refractivity contribution in [3.8, 4) is 0 Å². The van der Waals surface area contributed by atoms with Gasteiger partial charge in [0.15, 0.2) is 4.80 Å². The van der Waals surface area contributed by atoms with Crippen molar-refractivity contribution in [3.63, 3.8) is 0 Å². The summed E-state index contributed by atoms with van der Waals surface area (Å²) >= 11 is 13.6. The van der Waals surface area contributed by atoms with Crippen molar-refractivity contribution in [2.24, 2.45) is 4.99 Å². The predicted octanol–water partition coefficient (Wildman–Crippen LogP) is 4.41. The number of nitrogens with zero attached hydrogens (tertiary/aromatic N) is 2. The highest BCUT2D eigenvalue weighted by Crippen LogP contribution is 2.31. The molecule has 8 heteroatoms. The Hall–Kier alpha value is -2.67. The Bertz CT molecular complexity index is 1420. The smallest absolute Gasteiger partial charge is 0.338 e. The highest BCUT2D eigenvalue weighted by molar-refractivity contribution is 7.07. The molecule has 1 aromatic heterocycles. The minimum absolute atomic E-state index is 0.232. The van der Waals surface area contributed by atoms with Gasteiger partial charge in [0.05, 0.1) is 28.5 Å². The van der Waals surface area contributed by atoms with Gasteiger partial charge in [0.2, 0.25) is 0 Å². The molecule has 0 amide bonds. The largest absolute Gasteiger partial charge is 0.463 e. The number of thiazole rings is 1. The van der Waals surface area contributed by atoms with Crippen LogP contribution in [-0.2, 0) is 9.53 Å². The maximum absolute atomic E-state index is 13.5. The number of aromatic nitrogens is 1. The minimum atomic E-state index is -0.631. The Morgan fingerprint density at radius 1 is 1.19 bits per heavy atom. The number of aryl methyl sites for hydroxylation is 1. The quantitative estimate of drug-likeness (QED) is 0.513. The molecule has 0 unspecified atom stereocenters. The molecule has 0 N–H and O–H groups in total. The van der Waals surface area contributed by atoms with E-state index in [1.54, 1.807) is 42.7 Å². The summed E-state index contributed by atoms with van der Waals surface area (Å²) in [7, 11) is 0. The number of allylic oxidation sites excluding steroid dienone is 1. The van der Waals surface area contributed by atoms with Crippen LogP contribution in [0.2, 0.25) is 10.0 Å². The van der Waals surface area contributed by atoms with Gasteiger partial charge in [0.25, 0.3) is 5.56 Å². The first-order valence-corrected chi connectivity index (χ1v) is 11.6. The number of benzene rings is 2. The first kappa shape index (κ1) is 22.5. The molecular formula is C24H20Cl2N2O3S. The summed E-state index contributed by atoms with van der Waals surface area (Å²) < 4.78 is 7.33. The number of halogens is 2. The van der Waals surface area contributed by atoms with Gasteiger partial charge in [0.1, 0.15) is 0 Å². The zero-order chi connectivity index (χ0) is 23.0. The number of rotatable bonds is 4. The van der Waals surface area contributed by atoms with E-state index in [2.05, 4.69) is 4.99 Å². The molecule has 0 spiro atoms. The summed E-state index contributed by atoms with van der Waals surface area (Å²) in [5.41, 5.74) is 3.21. The van der Waals surface area contributed by atoms with Crippen molar-refractivity contribution in [1.82, 2.24) is 4.57 Å². The fourth-order valence-corrected chi connectivity index (χ4v) is 5.12. The second-order valence-corrected chi connectivity index (χ2v) is 9.23. The first-order valence-electron chi connectivity index (χ1n) is 10.0. The maximum Gasteiger partial charge on any atom is 0.338 e. The van der Waals surface area contributed by atoms with Crippen LogP contribution in [0.3, 0.4) is 0 Å². The van der Waals surface area contributed by atoms with Crippen molar-refractivity contribution in [1.29, 1.82) is 0 Å². The average molecular weight is 487 g/mol. The second kappa shape index (κ2) is 9.06. The van der Waals surface area contributed by atoms with Gasteiger partial charge in [-0.3, -0.25) is 9.36 Å². The van der Waals surface area contributed by atoms with Crippen LogP contribution in [0, 0.1) is 6.92 Å². The Morgan fingerprint density at radius 3 is 2.56 bits per heavy atom. The molecule has 0 aliphatic carbocycles. The van der Waals surface area contributed by atoms with Crippen LogP contribution >= 0.6 is 34.5 Å². The van der Waals surface area contributed by atoms with Gasteiger partial charge in [-0.1, -0.05) is 70.4 Å². The van der Waals surface area contributed by atoms with Crippen molar-refractivity contribution in [2.45, 2.75) is 26.8 Å². The molecule has 0 saturated heterocycles. The SMILES string of the molecule is CCOC(=O)C1=C(C)N=c2sc(=Cc3ccc(Cl)cc3Cl)c(=O)n2[C@@H]1c1ccc(C)cc1. The van der Waals surface area contributed by atoms with Crippen molar-refractivity contribution in [2.75, 3.05) is 6.61 Å². The number of hydrogen-bond donors (Lipinski definition) is 0. The van der Waals surface area contributed by atoms with Crippen LogP contribution < -0.4 is 14.9 Å². The van der Waals surface area contributed by atoms with Crippen molar-refractivity contribution < 1.29 is 9.53 Å². The van der Waals surface area contributed by atoms with Gasteiger partial charge < -0.3 is 4.74 Å². The third-order valence-electron chi connectivity index (χ3n) is 5.16. The van der Waals surface area contributed by atoms with E-state index in [1.165, 1.54) is 11.3 Å². The molecule has 0 saturated carbocycles. The van der Waals surface area contributed by atoms with Crippen LogP contribution in [0.25, 0.3) is 6.08 Å². The standard InChI is InChI=1S/C24H20Cl2N2O3S/c1-4-31-23(30)20-14(3)27-24-28(21(20)15-7-5-13(2)6-8-15)22(29)19(32-24)11-16-9-10-17(25)12-18(16)26/h5-12,21H,4H2,1-3H3/t21-/m1/s1. The molecule has 0 bridgehead atoms. The van der Waals surface area contributed by atoms with Gasteiger partial charge in [-0.05, 0) is 50.1 Å². The normalized spacial score (nSPS) is 16.0. The monoisotopic (exact) mass is 486 g/mol. The maximum atomic E-state index is 13.5. The van der Waals surface area contributed by atoms with E-state index in [4.69, 9.17) is 27.9 Å². The van der Waals surface area contributed by atoms with Crippen LogP contribution in [0.5, 0.6) is 0 Å². The van der Waals surface area contributed by atoms with Gasteiger partial charge >= 0.3 is 5.97 Å². The van der Waals surface area contributed by atoms with E-state index in [0.29, 0.717) is 36.2 Å². The number of fused-ring (bicyclic) bond motifs is 1. The lowest BCUT2D eigenvalue weighted by Gasteiger charge is -2.24. The summed E-state index contributed by atoms with van der Waals surface area (Å²) in [6, 6.07) is 12.2. The van der Waals surface area contributed by atoms with E-state index in [0.717, 1.165) is 11.1 Å². The van der Waals surface area contributed by atoms with E-state index in [9.17, 15) is 9.59 Å². The highest BCUT2D eigenvalue weighted by Gasteiger charge is 2.33. The fraction of sp³-hybridized carbons (Fsp3) is 0.208. The number of esters is 1. The lowest BCUT2D eigenvalue weighted by Crippen LogP contribution is -2.39. The molecular weight excluding hydrogens is 467 g/mol. The molecule has 2 aromatic carbocycles. The number of carbonyl (C=O) groups is 1. The van der Waals surface area contributed by atoms with Gasteiger partial charge in [-0.2, -0.15) is 0 Å². The molecule has 0 radical (unpaired) electrons. The van der Waals surface area contributed by atoms with E-state index >= 15 is 0 Å². The number of hydrogen-bond acceptors (Lipinski definition) is 5. The lowest BCUT2D eigenvalue weighted by atomic mass is 9.95. The number of carbonyl (C=O) groups excluding carboxylic acids is 1. The molecule has 32 heavy (non-hydrogen) atoms. The van der Waals surface area contributed by atoms with E-state index in [1.807, 2.05) is 31.2 Å². The average Bonchev–Trinajstić information content (AvgIpc) is 3.04. The molecule has 1 aliphatic heterocycles. The topological polar surface area (TPSA) is 60.7 Å². The summed E-state index contributed by atoms with van der Waals surface area (Å²) in [6.45, 7) is 5.73. The minimum Gasteiger partial charge on any atom is -0.463 e. The zero-order valence-corrected chi connectivity index (χ0v) is 20.0. The lowest BCUT2D eigenvalue weighted by molar-refractivity contribution is -0.139. The third-order valence-corrected chi connectivity index (χ3v) is 6.70. The number of ether oxygens (including phenoxy) is 1. The molecule has 3 aromatic rings. The van der Waals surface area contributed by atoms with Crippen LogP contribution in [-0.4, -0.2) is 17.1 Å². The van der Waals surface area contributed by atoms with Gasteiger partial charge in [-0.25, -0.2) is 9.79 Å². The fourth-order valence-electron chi connectivity index (χ4n) is 3.62. The van der Waals surface area contributed by atoms with E-state index in [-0.39, 0.29) is 12.2 Å². The Kier molecular flexibility index (Phi) is 6.38. The Labute approximate surface area is 198 Å². The molecule has 4 rings (SSSR count). The van der Waals surface area contributed by atoms with Gasteiger partial charge in [0, 0.05) is 10.0 Å². The second-order valence-electron chi connectivity index (χ2n) is 7.38. The zero-order valence-electron chi connectivity index (χ0n) is 17.7. The van der Waals surface area contributed by atoms with E-state index < -0.39 is 12.0 Å². The predicted molar refractivity (Wildman–Crippen MR) is 128 cm³/mol. The first-order chi connectivity index (χ1) is 15.3. The van der Waals surface area contributed by atoms with Crippen LogP contribution in [0.1, 0.15) is 36.6 Å². The molecule has 0 fully saturated rings. The summed E-state index contributed by atoms with van der Waals surface area (Å²) in [4.78, 5) is 31.5. The highest BCUT2D eigenvalue weighted by atomic mass is 35.5. The Morgan fingerprint density at radius 2 is 1.91 bits per heavy atom. The van der Waals surface area contributed by atoms with Gasteiger partial charge in [-0.15, -0.1) is 0 Å². The molecule has 164 valence electrons. The summed E-state index contributed by atoms with van der Waals surface area (Å²) in [6.07, 6.45) is 1.72. The van der Waals surface area contributed by atoms with Crippen molar-refractivity contribution in [3.05, 3.63) is 100 Å². The molecule has 1 aliphatic rings. The Balaban J connectivity index is 1.96. The molecule has 5 nitrogen and oxygen atoms in total. The summed E-state index contributed by atoms with van der Waals surface area (Å²) in [5.74, 6) is -0.477. The van der Waals surface area contributed by atoms with Crippen LogP contribution in [0.4, 0.5) is 0 Å². The van der Waals surface area contributed by atoms with Crippen molar-refractivity contribution >= 4 is 46.6 Å². The molecule has 2 heterocycles. The summed E-state index contributed by atoms with van der Waals surface area (Å²) in [5, 5.41) is 0.962. The molecule has 1 atom stereocenters. The van der Waals surface area contributed by atoms with Crippen LogP contribution in [0.15, 0.2) is 63.5 Å². The third kappa shape index (κ3) is 4.18.